The van der Waals surface area contributed by atoms with Crippen LogP contribution in [0, 0.1) is 11.3 Å². The van der Waals surface area contributed by atoms with Crippen molar-refractivity contribution >= 4 is 35.5 Å². The van der Waals surface area contributed by atoms with Crippen LogP contribution in [0.4, 0.5) is 0 Å². The van der Waals surface area contributed by atoms with E-state index < -0.39 is 0 Å². The van der Waals surface area contributed by atoms with Crippen molar-refractivity contribution in [2.45, 2.75) is 26.0 Å². The molecule has 0 amide bonds. The number of hydrogen-bond acceptors (Lipinski definition) is 4. The molecule has 18 heavy (non-hydrogen) atoms. The van der Waals surface area contributed by atoms with Crippen molar-refractivity contribution in [2.75, 3.05) is 11.5 Å². The fraction of sp³-hybridized carbons (Fsp3) is 0.500. The largest absolute Gasteiger partial charge is 0.431 e. The maximum absolute atomic E-state index is 5.70. The van der Waals surface area contributed by atoms with Crippen molar-refractivity contribution in [3.63, 3.8) is 0 Å². The van der Waals surface area contributed by atoms with Crippen molar-refractivity contribution < 1.29 is 4.42 Å². The van der Waals surface area contributed by atoms with E-state index in [-0.39, 0.29) is 5.41 Å². The van der Waals surface area contributed by atoms with Gasteiger partial charge >= 0.3 is 0 Å². The van der Waals surface area contributed by atoms with Gasteiger partial charge in [0.05, 0.1) is 0 Å². The zero-order valence-corrected chi connectivity index (χ0v) is 12.7. The summed E-state index contributed by atoms with van der Waals surface area (Å²) in [6, 6.07) is 7.87. The second kappa shape index (κ2) is 5.57. The molecule has 0 aliphatic rings. The molecule has 1 heterocycles. The quantitative estimate of drug-likeness (QED) is 0.659. The highest BCUT2D eigenvalue weighted by molar-refractivity contribution is 7.99. The lowest BCUT2D eigenvalue weighted by Crippen LogP contribution is -2.24. The first kappa shape index (κ1) is 13.8. The molecule has 0 bridgehead atoms. The number of thiol groups is 1. The number of fused-ring (bicyclic) bond motifs is 1. The van der Waals surface area contributed by atoms with Gasteiger partial charge in [-0.3, -0.25) is 0 Å². The number of thioether (sulfide) groups is 1. The van der Waals surface area contributed by atoms with Gasteiger partial charge < -0.3 is 4.42 Å². The molecule has 0 saturated heterocycles. The predicted molar refractivity (Wildman–Crippen MR) is 81.5 cm³/mol. The number of aromatic nitrogens is 1. The maximum atomic E-state index is 5.70. The number of para-hydroxylation sites is 2. The molecule has 0 aliphatic heterocycles. The monoisotopic (exact) mass is 281 g/mol. The molecule has 0 N–H and O–H groups in total. The van der Waals surface area contributed by atoms with Gasteiger partial charge in [0.25, 0.3) is 5.22 Å². The minimum absolute atomic E-state index is 0.265. The van der Waals surface area contributed by atoms with Crippen LogP contribution in [0.3, 0.4) is 0 Å². The van der Waals surface area contributed by atoms with Crippen molar-refractivity contribution in [1.29, 1.82) is 0 Å². The summed E-state index contributed by atoms with van der Waals surface area (Å²) in [5.74, 6) is 2.41. The van der Waals surface area contributed by atoms with Crippen LogP contribution in [-0.4, -0.2) is 16.5 Å². The summed E-state index contributed by atoms with van der Waals surface area (Å²) < 4.78 is 5.70. The molecule has 0 aliphatic carbocycles. The van der Waals surface area contributed by atoms with Crippen molar-refractivity contribution in [3.05, 3.63) is 24.3 Å². The van der Waals surface area contributed by atoms with E-state index in [1.165, 1.54) is 0 Å². The first-order chi connectivity index (χ1) is 8.50. The van der Waals surface area contributed by atoms with Gasteiger partial charge in [-0.05, 0) is 29.2 Å². The fourth-order valence-electron chi connectivity index (χ4n) is 1.66. The van der Waals surface area contributed by atoms with E-state index in [1.54, 1.807) is 11.8 Å². The van der Waals surface area contributed by atoms with Crippen LogP contribution in [-0.2, 0) is 0 Å². The normalized spacial score (nSPS) is 14.0. The fourth-order valence-corrected chi connectivity index (χ4v) is 3.79. The number of nitrogens with zero attached hydrogens (tertiary/aromatic N) is 1. The van der Waals surface area contributed by atoms with Crippen LogP contribution in [0.2, 0.25) is 0 Å². The Labute approximate surface area is 118 Å². The molecule has 2 nitrogen and oxygen atoms in total. The Bertz CT molecular complexity index is 483. The second-order valence-corrected chi connectivity index (χ2v) is 6.84. The highest BCUT2D eigenvalue weighted by atomic mass is 32.2. The summed E-state index contributed by atoms with van der Waals surface area (Å²) in [4.78, 5) is 4.47. The Morgan fingerprint density at radius 3 is 2.67 bits per heavy atom. The van der Waals surface area contributed by atoms with Gasteiger partial charge in [-0.1, -0.05) is 44.7 Å². The lowest BCUT2D eigenvalue weighted by molar-refractivity contribution is 0.294. The second-order valence-electron chi connectivity index (χ2n) is 5.50. The number of oxazole rings is 1. The lowest BCUT2D eigenvalue weighted by Gasteiger charge is -2.28. The summed E-state index contributed by atoms with van der Waals surface area (Å²) in [6.45, 7) is 6.75. The standard InChI is InChI=1S/C14H19NOS2/c1-14(2,3)10(8-17)9-18-13-15-11-6-4-5-7-12(11)16-13/h4-7,10,17H,8-9H2,1-3H3. The third kappa shape index (κ3) is 3.23. The molecule has 4 heteroatoms. The van der Waals surface area contributed by atoms with Gasteiger partial charge in [-0.25, -0.2) is 4.98 Å². The minimum Gasteiger partial charge on any atom is -0.431 e. The molecular formula is C14H19NOS2. The van der Waals surface area contributed by atoms with E-state index in [0.29, 0.717) is 5.92 Å². The van der Waals surface area contributed by atoms with Crippen molar-refractivity contribution in [2.24, 2.45) is 11.3 Å². The highest BCUT2D eigenvalue weighted by Gasteiger charge is 2.24. The molecule has 1 aromatic carbocycles. The van der Waals surface area contributed by atoms with E-state index in [0.717, 1.165) is 27.8 Å². The topological polar surface area (TPSA) is 26.0 Å². The molecule has 1 unspecified atom stereocenters. The Kier molecular flexibility index (Phi) is 4.28. The smallest absolute Gasteiger partial charge is 0.256 e. The van der Waals surface area contributed by atoms with Crippen LogP contribution in [0.25, 0.3) is 11.1 Å². The van der Waals surface area contributed by atoms with Crippen LogP contribution in [0.5, 0.6) is 0 Å². The van der Waals surface area contributed by atoms with Gasteiger partial charge in [-0.2, -0.15) is 12.6 Å². The number of hydrogen-bond donors (Lipinski definition) is 1. The van der Waals surface area contributed by atoms with E-state index >= 15 is 0 Å². The first-order valence-corrected chi connectivity index (χ1v) is 7.72. The first-order valence-electron chi connectivity index (χ1n) is 6.10. The third-order valence-corrected chi connectivity index (χ3v) is 4.56. The van der Waals surface area contributed by atoms with Crippen molar-refractivity contribution in [3.8, 4) is 0 Å². The van der Waals surface area contributed by atoms with Crippen molar-refractivity contribution in [1.82, 2.24) is 4.98 Å². The average Bonchev–Trinajstić information content (AvgIpc) is 2.70. The lowest BCUT2D eigenvalue weighted by atomic mass is 9.83. The zero-order valence-electron chi connectivity index (χ0n) is 11.0. The van der Waals surface area contributed by atoms with E-state index in [1.807, 2.05) is 24.3 Å². The van der Waals surface area contributed by atoms with E-state index in [2.05, 4.69) is 38.4 Å². The summed E-state index contributed by atoms with van der Waals surface area (Å²) in [5.41, 5.74) is 2.05. The third-order valence-electron chi connectivity index (χ3n) is 3.13. The molecule has 0 radical (unpaired) electrons. The van der Waals surface area contributed by atoms with Crippen LogP contribution < -0.4 is 0 Å². The molecule has 0 fully saturated rings. The van der Waals surface area contributed by atoms with E-state index in [9.17, 15) is 0 Å². The van der Waals surface area contributed by atoms with Gasteiger partial charge in [0.1, 0.15) is 5.52 Å². The average molecular weight is 281 g/mol. The molecule has 1 atom stereocenters. The van der Waals surface area contributed by atoms with Crippen LogP contribution in [0.1, 0.15) is 20.8 Å². The highest BCUT2D eigenvalue weighted by Crippen LogP contribution is 2.33. The summed E-state index contributed by atoms with van der Waals surface area (Å²) in [5, 5.41) is 0.757. The molecule has 0 spiro atoms. The van der Waals surface area contributed by atoms with Gasteiger partial charge in [-0.15, -0.1) is 0 Å². The Hall–Kier alpha value is -0.610. The number of rotatable bonds is 4. The number of benzene rings is 1. The molecule has 2 rings (SSSR count). The molecular weight excluding hydrogens is 262 g/mol. The van der Waals surface area contributed by atoms with E-state index in [4.69, 9.17) is 4.42 Å². The Balaban J connectivity index is 2.05. The maximum Gasteiger partial charge on any atom is 0.256 e. The Morgan fingerprint density at radius 1 is 1.33 bits per heavy atom. The van der Waals surface area contributed by atoms with Gasteiger partial charge in [0, 0.05) is 5.75 Å². The molecule has 1 aromatic heterocycles. The van der Waals surface area contributed by atoms with Crippen LogP contribution >= 0.6 is 24.4 Å². The minimum atomic E-state index is 0.265. The summed E-state index contributed by atoms with van der Waals surface area (Å²) in [6.07, 6.45) is 0. The molecule has 98 valence electrons. The summed E-state index contributed by atoms with van der Waals surface area (Å²) >= 11 is 6.12. The molecule has 2 aromatic rings. The summed E-state index contributed by atoms with van der Waals surface area (Å²) in [7, 11) is 0. The van der Waals surface area contributed by atoms with Gasteiger partial charge in [0.15, 0.2) is 5.58 Å². The van der Waals surface area contributed by atoms with Gasteiger partial charge in [0.2, 0.25) is 0 Å². The predicted octanol–water partition coefficient (Wildman–Crippen LogP) is 4.51. The SMILES string of the molecule is CC(C)(C)C(CS)CSc1nc2ccccc2o1. The molecule has 0 saturated carbocycles. The zero-order chi connectivity index (χ0) is 13.2. The Morgan fingerprint density at radius 2 is 2.06 bits per heavy atom. The van der Waals surface area contributed by atoms with Crippen LogP contribution in [0.15, 0.2) is 33.9 Å².